The lowest BCUT2D eigenvalue weighted by atomic mass is 10.1. The van der Waals surface area contributed by atoms with Crippen LogP contribution in [0, 0.1) is 0 Å². The van der Waals surface area contributed by atoms with Crippen molar-refractivity contribution in [3.8, 4) is 11.5 Å². The molecule has 3 aromatic carbocycles. The summed E-state index contributed by atoms with van der Waals surface area (Å²) in [5, 5.41) is 4.53. The van der Waals surface area contributed by atoms with Gasteiger partial charge in [0.15, 0.2) is 0 Å². The summed E-state index contributed by atoms with van der Waals surface area (Å²) in [7, 11) is 1.54. The summed E-state index contributed by atoms with van der Waals surface area (Å²) >= 11 is 11.5. The number of carbonyl (C=O) groups is 3. The van der Waals surface area contributed by atoms with Gasteiger partial charge in [-0.05, 0) is 91.9 Å². The predicted molar refractivity (Wildman–Crippen MR) is 148 cm³/mol. The number of nitrogens with zero attached hydrogens (tertiary/aromatic N) is 2. The predicted octanol–water partition coefficient (Wildman–Crippen LogP) is 4.42. The highest BCUT2D eigenvalue weighted by molar-refractivity contribution is 7.80. The second-order valence-corrected chi connectivity index (χ2v) is 9.00. The van der Waals surface area contributed by atoms with Crippen molar-refractivity contribution in [2.24, 2.45) is 0 Å². The van der Waals surface area contributed by atoms with Crippen molar-refractivity contribution in [1.29, 1.82) is 0 Å². The van der Waals surface area contributed by atoms with Crippen LogP contribution in [0.3, 0.4) is 0 Å². The van der Waals surface area contributed by atoms with Crippen molar-refractivity contribution in [3.63, 3.8) is 0 Å². The van der Waals surface area contributed by atoms with E-state index in [4.69, 9.17) is 33.3 Å². The van der Waals surface area contributed by atoms with Gasteiger partial charge in [-0.2, -0.15) is 0 Å². The number of ether oxygens (including phenoxy) is 2. The number of hydrazine groups is 1. The van der Waals surface area contributed by atoms with Gasteiger partial charge in [0.05, 0.1) is 25.8 Å². The molecule has 1 atom stereocenters. The van der Waals surface area contributed by atoms with E-state index < -0.39 is 23.8 Å². The molecule has 4 rings (SSSR count). The fourth-order valence-corrected chi connectivity index (χ4v) is 4.33. The molecule has 9 nitrogen and oxygen atoms in total. The molecule has 1 heterocycles. The molecular weight excluding hydrogens is 528 g/mol. The highest BCUT2D eigenvalue weighted by Gasteiger charge is 2.45. The molecular formula is C27H25ClN4O5S. The summed E-state index contributed by atoms with van der Waals surface area (Å²) in [5.74, 6) is -0.125. The molecule has 0 bridgehead atoms. The van der Waals surface area contributed by atoms with E-state index in [9.17, 15) is 14.4 Å². The maximum atomic E-state index is 13.5. The van der Waals surface area contributed by atoms with Gasteiger partial charge >= 0.3 is 0 Å². The lowest BCUT2D eigenvalue weighted by Gasteiger charge is -2.24. The number of anilines is 2. The molecule has 11 heteroatoms. The van der Waals surface area contributed by atoms with Crippen molar-refractivity contribution >= 4 is 58.0 Å². The minimum atomic E-state index is -1.08. The van der Waals surface area contributed by atoms with Crippen LogP contribution in [-0.4, -0.2) is 47.6 Å². The van der Waals surface area contributed by atoms with Gasteiger partial charge < -0.3 is 14.8 Å². The summed E-state index contributed by atoms with van der Waals surface area (Å²) in [4.78, 5) is 40.8. The average Bonchev–Trinajstić information content (AvgIpc) is 3.14. The number of carbonyl (C=O) groups excluding carboxylic acids is 3. The normalized spacial score (nSPS) is 14.9. The fraction of sp³-hybridized carbons (Fsp3) is 0.185. The van der Waals surface area contributed by atoms with E-state index in [1.54, 1.807) is 72.8 Å². The lowest BCUT2D eigenvalue weighted by Crippen LogP contribution is -2.49. The molecule has 3 amide bonds. The van der Waals surface area contributed by atoms with Crippen molar-refractivity contribution in [3.05, 3.63) is 83.4 Å². The number of thiocarbonyl (C=S) groups is 1. The van der Waals surface area contributed by atoms with Crippen molar-refractivity contribution in [2.45, 2.75) is 19.4 Å². The van der Waals surface area contributed by atoms with Crippen LogP contribution in [0.1, 0.15) is 23.7 Å². The Hall–Kier alpha value is -4.15. The van der Waals surface area contributed by atoms with Gasteiger partial charge in [0.25, 0.3) is 11.8 Å². The number of halogens is 1. The summed E-state index contributed by atoms with van der Waals surface area (Å²) in [5.41, 5.74) is 4.00. The molecule has 0 spiro atoms. The molecule has 1 aliphatic heterocycles. The first-order valence-electron chi connectivity index (χ1n) is 11.7. The second-order valence-electron chi connectivity index (χ2n) is 8.20. The van der Waals surface area contributed by atoms with E-state index in [1.807, 2.05) is 6.92 Å². The second kappa shape index (κ2) is 11.9. The molecule has 196 valence electrons. The van der Waals surface area contributed by atoms with E-state index in [0.29, 0.717) is 40.1 Å². The number of hydrogen-bond donors (Lipinski definition) is 2. The molecule has 38 heavy (non-hydrogen) atoms. The number of rotatable bonds is 9. The van der Waals surface area contributed by atoms with Crippen LogP contribution in [0.2, 0.25) is 5.02 Å². The summed E-state index contributed by atoms with van der Waals surface area (Å²) in [6, 6.07) is 18.8. The third-order valence-corrected chi connectivity index (χ3v) is 6.33. The highest BCUT2D eigenvalue weighted by Crippen LogP contribution is 2.28. The topological polar surface area (TPSA) is 100 Å². The largest absolute Gasteiger partial charge is 0.497 e. The first-order valence-corrected chi connectivity index (χ1v) is 12.5. The number of methoxy groups -OCH3 is 1. The Kier molecular flexibility index (Phi) is 8.45. The molecule has 1 fully saturated rings. The zero-order valence-corrected chi connectivity index (χ0v) is 22.2. The highest BCUT2D eigenvalue weighted by atomic mass is 35.5. The Bertz CT molecular complexity index is 1330. The van der Waals surface area contributed by atoms with Gasteiger partial charge in [0, 0.05) is 16.3 Å². The summed E-state index contributed by atoms with van der Waals surface area (Å²) < 4.78 is 10.6. The quantitative estimate of drug-likeness (QED) is 0.379. The summed E-state index contributed by atoms with van der Waals surface area (Å²) in [6.07, 6.45) is -0.264. The number of hydrogen-bond acceptors (Lipinski definition) is 6. The van der Waals surface area contributed by atoms with Crippen LogP contribution in [-0.2, 0) is 9.59 Å². The fourth-order valence-electron chi connectivity index (χ4n) is 3.83. The maximum Gasteiger partial charge on any atom is 0.269 e. The first kappa shape index (κ1) is 26.9. The molecule has 0 radical (unpaired) electrons. The van der Waals surface area contributed by atoms with Crippen LogP contribution in [0.5, 0.6) is 11.5 Å². The molecule has 1 unspecified atom stereocenters. The lowest BCUT2D eigenvalue weighted by molar-refractivity contribution is -0.124. The molecule has 0 saturated carbocycles. The van der Waals surface area contributed by atoms with Gasteiger partial charge in [0.2, 0.25) is 11.0 Å². The molecule has 1 saturated heterocycles. The molecule has 0 aromatic heterocycles. The van der Waals surface area contributed by atoms with Crippen LogP contribution in [0.25, 0.3) is 0 Å². The van der Waals surface area contributed by atoms with Crippen molar-refractivity contribution < 1.29 is 23.9 Å². The van der Waals surface area contributed by atoms with E-state index in [-0.39, 0.29) is 11.5 Å². The van der Waals surface area contributed by atoms with Gasteiger partial charge in [-0.15, -0.1) is 0 Å². The van der Waals surface area contributed by atoms with Gasteiger partial charge in [-0.1, -0.05) is 11.6 Å². The minimum Gasteiger partial charge on any atom is -0.497 e. The zero-order chi connectivity index (χ0) is 27.2. The van der Waals surface area contributed by atoms with Gasteiger partial charge in [-0.25, -0.2) is 5.01 Å². The number of nitrogens with one attached hydrogen (secondary N) is 2. The molecule has 1 aliphatic rings. The van der Waals surface area contributed by atoms with E-state index in [2.05, 4.69) is 10.7 Å². The van der Waals surface area contributed by atoms with Crippen molar-refractivity contribution in [2.75, 3.05) is 23.9 Å². The smallest absolute Gasteiger partial charge is 0.269 e. The Labute approximate surface area is 230 Å². The van der Waals surface area contributed by atoms with E-state index in [0.717, 1.165) is 0 Å². The first-order chi connectivity index (χ1) is 18.3. The van der Waals surface area contributed by atoms with Crippen LogP contribution in [0.4, 0.5) is 11.4 Å². The van der Waals surface area contributed by atoms with Crippen LogP contribution >= 0.6 is 23.8 Å². The Balaban J connectivity index is 1.56. The molecule has 0 aliphatic carbocycles. The monoisotopic (exact) mass is 552 g/mol. The third kappa shape index (κ3) is 6.04. The van der Waals surface area contributed by atoms with Gasteiger partial charge in [-0.3, -0.25) is 24.7 Å². The molecule has 3 aromatic rings. The Morgan fingerprint density at radius 3 is 2.21 bits per heavy atom. The third-order valence-electron chi connectivity index (χ3n) is 5.70. The minimum absolute atomic E-state index is 0.0290. The van der Waals surface area contributed by atoms with E-state index >= 15 is 0 Å². The Morgan fingerprint density at radius 1 is 0.974 bits per heavy atom. The molecule has 2 N–H and O–H groups in total. The number of benzene rings is 3. The maximum absolute atomic E-state index is 13.5. The van der Waals surface area contributed by atoms with Gasteiger partial charge in [0.1, 0.15) is 17.5 Å². The standard InChI is InChI=1S/C27H25ClN4O5S/c1-3-37-22-12-8-19(9-13-22)29-24(33)16-23-26(35)31(20-10-14-21(36-2)15-11-20)27(38)32(23)30-25(34)17-4-6-18(28)7-5-17/h4-15,23H,3,16H2,1-2H3,(H,29,33)(H,30,34). The summed E-state index contributed by atoms with van der Waals surface area (Å²) in [6.45, 7) is 2.41. The van der Waals surface area contributed by atoms with Crippen LogP contribution < -0.4 is 25.1 Å². The average molecular weight is 553 g/mol. The Morgan fingerprint density at radius 2 is 1.61 bits per heavy atom. The van der Waals surface area contributed by atoms with E-state index in [1.165, 1.54) is 17.0 Å². The number of amides is 3. The zero-order valence-electron chi connectivity index (χ0n) is 20.6. The SMILES string of the molecule is CCOc1ccc(NC(=O)CC2C(=O)N(c3ccc(OC)cc3)C(=S)N2NC(=O)c2ccc(Cl)cc2)cc1. The van der Waals surface area contributed by atoms with Crippen LogP contribution in [0.15, 0.2) is 72.8 Å². The van der Waals surface area contributed by atoms with Crippen molar-refractivity contribution in [1.82, 2.24) is 10.4 Å².